The Balaban J connectivity index is 2.82. The lowest BCUT2D eigenvalue weighted by Gasteiger charge is -2.25. The molecule has 0 spiro atoms. The number of nitrogens with two attached hydrogens (primary N) is 1. The van der Waals surface area contributed by atoms with E-state index in [2.05, 4.69) is 33.0 Å². The number of amides is 1. The molecule has 0 atom stereocenters. The molecule has 0 unspecified atom stereocenters. The van der Waals surface area contributed by atoms with E-state index in [0.717, 1.165) is 0 Å². The van der Waals surface area contributed by atoms with Crippen LogP contribution in [0.2, 0.25) is 0 Å². The fourth-order valence-corrected chi connectivity index (χ4v) is 2.50. The van der Waals surface area contributed by atoms with Gasteiger partial charge in [0.05, 0.1) is 7.11 Å². The van der Waals surface area contributed by atoms with Crippen molar-refractivity contribution in [3.05, 3.63) is 23.8 Å². The molecule has 1 aromatic rings. The van der Waals surface area contributed by atoms with Crippen LogP contribution in [0.15, 0.2) is 18.2 Å². The second-order valence-electron chi connectivity index (χ2n) is 5.79. The first-order valence-electron chi connectivity index (χ1n) is 7.09. The van der Waals surface area contributed by atoms with E-state index in [-0.39, 0.29) is 5.91 Å². The number of nitrogen functional groups attached to an aromatic ring is 1. The van der Waals surface area contributed by atoms with Crippen LogP contribution in [0.3, 0.4) is 0 Å². The minimum atomic E-state index is -0.175. The molecule has 0 bridgehead atoms. The summed E-state index contributed by atoms with van der Waals surface area (Å²) in [4.78, 5) is 12.3. The summed E-state index contributed by atoms with van der Waals surface area (Å²) in [5, 5.41) is 2.98. The molecule has 0 aliphatic heterocycles. The van der Waals surface area contributed by atoms with Gasteiger partial charge in [0.25, 0.3) is 5.91 Å². The number of anilines is 1. The Bertz CT molecular complexity index is 448. The largest absolute Gasteiger partial charge is 0.496 e. The lowest BCUT2D eigenvalue weighted by atomic mass is 9.85. The number of carbonyl (C=O) groups is 1. The molecule has 4 heteroatoms. The van der Waals surface area contributed by atoms with Crippen molar-refractivity contribution >= 4 is 11.6 Å². The number of benzene rings is 1. The molecule has 0 aliphatic carbocycles. The molecule has 0 saturated carbocycles. The van der Waals surface area contributed by atoms with Crippen molar-refractivity contribution in [2.45, 2.75) is 27.7 Å². The quantitative estimate of drug-likeness (QED) is 0.786. The van der Waals surface area contributed by atoms with E-state index in [4.69, 9.17) is 10.5 Å². The highest BCUT2D eigenvalue weighted by Gasteiger charge is 2.21. The minimum absolute atomic E-state index is 0.175. The SMILES string of the molecule is COc1cccc(N)c1C(=O)NCC(C(C)C)C(C)C. The van der Waals surface area contributed by atoms with E-state index in [1.165, 1.54) is 7.11 Å². The molecule has 4 nitrogen and oxygen atoms in total. The second kappa shape index (κ2) is 7.17. The van der Waals surface area contributed by atoms with Crippen molar-refractivity contribution in [2.24, 2.45) is 17.8 Å². The summed E-state index contributed by atoms with van der Waals surface area (Å²) in [5.74, 6) is 1.81. The van der Waals surface area contributed by atoms with Crippen molar-refractivity contribution in [2.75, 3.05) is 19.4 Å². The molecule has 1 aromatic carbocycles. The second-order valence-corrected chi connectivity index (χ2v) is 5.79. The highest BCUT2D eigenvalue weighted by Crippen LogP contribution is 2.24. The zero-order valence-electron chi connectivity index (χ0n) is 13.1. The molecule has 112 valence electrons. The Morgan fingerprint density at radius 2 is 1.85 bits per heavy atom. The maximum atomic E-state index is 12.3. The maximum absolute atomic E-state index is 12.3. The molecule has 0 aliphatic rings. The number of nitrogens with one attached hydrogen (secondary N) is 1. The summed E-state index contributed by atoms with van der Waals surface area (Å²) in [6.07, 6.45) is 0. The van der Waals surface area contributed by atoms with Gasteiger partial charge in [-0.1, -0.05) is 33.8 Å². The zero-order valence-corrected chi connectivity index (χ0v) is 13.1. The van der Waals surface area contributed by atoms with E-state index in [1.807, 2.05) is 0 Å². The van der Waals surface area contributed by atoms with Crippen LogP contribution in [0.4, 0.5) is 5.69 Å². The van der Waals surface area contributed by atoms with Crippen molar-refractivity contribution in [3.63, 3.8) is 0 Å². The molecule has 1 amide bonds. The molecule has 1 rings (SSSR count). The summed E-state index contributed by atoms with van der Waals surface area (Å²) < 4.78 is 5.21. The van der Waals surface area contributed by atoms with Crippen LogP contribution >= 0.6 is 0 Å². The molecule has 0 aromatic heterocycles. The Morgan fingerprint density at radius 3 is 2.35 bits per heavy atom. The van der Waals surface area contributed by atoms with Gasteiger partial charge in [0.1, 0.15) is 11.3 Å². The van der Waals surface area contributed by atoms with Gasteiger partial charge in [-0.15, -0.1) is 0 Å². The third-order valence-corrected chi connectivity index (χ3v) is 3.72. The van der Waals surface area contributed by atoms with Gasteiger partial charge in [0.15, 0.2) is 0 Å². The molecule has 0 radical (unpaired) electrons. The fraction of sp³-hybridized carbons (Fsp3) is 0.562. The number of hydrogen-bond donors (Lipinski definition) is 2. The number of methoxy groups -OCH3 is 1. The number of ether oxygens (including phenoxy) is 1. The summed E-state index contributed by atoms with van der Waals surface area (Å²) in [5.41, 5.74) is 6.74. The minimum Gasteiger partial charge on any atom is -0.496 e. The molecule has 20 heavy (non-hydrogen) atoms. The normalized spacial score (nSPS) is 11.2. The van der Waals surface area contributed by atoms with Crippen LogP contribution in [0.1, 0.15) is 38.1 Å². The van der Waals surface area contributed by atoms with Gasteiger partial charge in [-0.05, 0) is 29.9 Å². The van der Waals surface area contributed by atoms with Crippen LogP contribution in [0, 0.1) is 17.8 Å². The van der Waals surface area contributed by atoms with Crippen LogP contribution in [0.25, 0.3) is 0 Å². The highest BCUT2D eigenvalue weighted by atomic mass is 16.5. The first-order valence-corrected chi connectivity index (χ1v) is 7.09. The number of rotatable bonds is 6. The van der Waals surface area contributed by atoms with Gasteiger partial charge in [0.2, 0.25) is 0 Å². The van der Waals surface area contributed by atoms with Gasteiger partial charge < -0.3 is 15.8 Å². The summed E-state index contributed by atoms with van der Waals surface area (Å²) in [6, 6.07) is 5.23. The van der Waals surface area contributed by atoms with Gasteiger partial charge in [-0.25, -0.2) is 0 Å². The third kappa shape index (κ3) is 3.89. The Kier molecular flexibility index (Phi) is 5.86. The monoisotopic (exact) mass is 278 g/mol. The standard InChI is InChI=1S/C16H26N2O2/c1-10(2)12(11(3)4)9-18-16(19)15-13(17)7-6-8-14(15)20-5/h6-8,10-12H,9,17H2,1-5H3,(H,18,19). The Morgan fingerprint density at radius 1 is 1.25 bits per heavy atom. The molecular formula is C16H26N2O2. The molecule has 3 N–H and O–H groups in total. The predicted molar refractivity (Wildman–Crippen MR) is 82.9 cm³/mol. The molecule has 0 fully saturated rings. The van der Waals surface area contributed by atoms with Crippen molar-refractivity contribution in [1.29, 1.82) is 0 Å². The van der Waals surface area contributed by atoms with Crippen LogP contribution < -0.4 is 15.8 Å². The first-order chi connectivity index (χ1) is 9.38. The van der Waals surface area contributed by atoms with Crippen LogP contribution in [-0.2, 0) is 0 Å². The van der Waals surface area contributed by atoms with Gasteiger partial charge in [0, 0.05) is 12.2 Å². The highest BCUT2D eigenvalue weighted by molar-refractivity contribution is 6.01. The number of hydrogen-bond acceptors (Lipinski definition) is 3. The van der Waals surface area contributed by atoms with E-state index in [1.54, 1.807) is 18.2 Å². The van der Waals surface area contributed by atoms with Gasteiger partial charge >= 0.3 is 0 Å². The summed E-state index contributed by atoms with van der Waals surface area (Å²) in [7, 11) is 1.54. The van der Waals surface area contributed by atoms with E-state index in [9.17, 15) is 4.79 Å². The molecule has 0 heterocycles. The van der Waals surface area contributed by atoms with Crippen LogP contribution in [-0.4, -0.2) is 19.6 Å². The van der Waals surface area contributed by atoms with E-state index >= 15 is 0 Å². The smallest absolute Gasteiger partial charge is 0.257 e. The average Bonchev–Trinajstić information content (AvgIpc) is 2.37. The summed E-state index contributed by atoms with van der Waals surface area (Å²) in [6.45, 7) is 9.34. The number of carbonyl (C=O) groups excluding carboxylic acids is 1. The fourth-order valence-electron chi connectivity index (χ4n) is 2.50. The molecule has 0 saturated heterocycles. The van der Waals surface area contributed by atoms with E-state index < -0.39 is 0 Å². The van der Waals surface area contributed by atoms with Gasteiger partial charge in [-0.3, -0.25) is 4.79 Å². The Labute approximate surface area is 121 Å². The van der Waals surface area contributed by atoms with Gasteiger partial charge in [-0.2, -0.15) is 0 Å². The zero-order chi connectivity index (χ0) is 15.3. The lowest BCUT2D eigenvalue weighted by Crippen LogP contribution is -2.34. The van der Waals surface area contributed by atoms with Crippen LogP contribution in [0.5, 0.6) is 5.75 Å². The van der Waals surface area contributed by atoms with E-state index in [0.29, 0.717) is 41.3 Å². The van der Waals surface area contributed by atoms with Crippen molar-refractivity contribution < 1.29 is 9.53 Å². The first kappa shape index (κ1) is 16.3. The van der Waals surface area contributed by atoms with Crippen molar-refractivity contribution in [1.82, 2.24) is 5.32 Å². The lowest BCUT2D eigenvalue weighted by molar-refractivity contribution is 0.0935. The van der Waals surface area contributed by atoms with Crippen molar-refractivity contribution in [3.8, 4) is 5.75 Å². The predicted octanol–water partition coefficient (Wildman–Crippen LogP) is 2.94. The topological polar surface area (TPSA) is 64.3 Å². The maximum Gasteiger partial charge on any atom is 0.257 e. The summed E-state index contributed by atoms with van der Waals surface area (Å²) >= 11 is 0. The third-order valence-electron chi connectivity index (χ3n) is 3.72. The average molecular weight is 278 g/mol. The Hall–Kier alpha value is -1.71. The molecular weight excluding hydrogens is 252 g/mol.